The van der Waals surface area contributed by atoms with Crippen molar-refractivity contribution in [3.63, 3.8) is 0 Å². The van der Waals surface area contributed by atoms with Gasteiger partial charge in [0.2, 0.25) is 17.0 Å². The molecule has 2 rings (SSSR count). The summed E-state index contributed by atoms with van der Waals surface area (Å²) in [5, 5.41) is 0.733. The fourth-order valence-corrected chi connectivity index (χ4v) is 2.13. The lowest BCUT2D eigenvalue weighted by Crippen LogP contribution is -2.34. The molecule has 1 saturated heterocycles. The second kappa shape index (κ2) is 4.01. The van der Waals surface area contributed by atoms with Gasteiger partial charge in [-0.1, -0.05) is 0 Å². The van der Waals surface area contributed by atoms with Gasteiger partial charge in [-0.3, -0.25) is 4.79 Å². The van der Waals surface area contributed by atoms with Gasteiger partial charge in [0.05, 0.1) is 6.54 Å². The van der Waals surface area contributed by atoms with E-state index in [4.69, 9.17) is 5.73 Å². The maximum Gasteiger partial charge on any atom is 0.241 e. The largest absolute Gasteiger partial charge is 0.367 e. The van der Waals surface area contributed by atoms with E-state index in [9.17, 15) is 4.79 Å². The highest BCUT2D eigenvalue weighted by Gasteiger charge is 2.21. The summed E-state index contributed by atoms with van der Waals surface area (Å²) >= 11 is 1.24. The van der Waals surface area contributed by atoms with Gasteiger partial charge in [-0.05, 0) is 6.42 Å². The van der Waals surface area contributed by atoms with Crippen LogP contribution in [0.1, 0.15) is 6.42 Å². The minimum Gasteiger partial charge on any atom is -0.367 e. The van der Waals surface area contributed by atoms with Crippen molar-refractivity contribution in [3.8, 4) is 0 Å². The molecule has 0 radical (unpaired) electrons. The molecule has 6 nitrogen and oxygen atoms in total. The molecule has 1 fully saturated rings. The molecule has 15 heavy (non-hydrogen) atoms. The lowest BCUT2D eigenvalue weighted by atomic mass is 10.4. The van der Waals surface area contributed by atoms with Gasteiger partial charge in [0.25, 0.3) is 0 Å². The normalized spacial score (nSPS) is 18.1. The number of rotatable bonds is 1. The second-order valence-corrected chi connectivity index (χ2v) is 4.26. The highest BCUT2D eigenvalue weighted by atomic mass is 32.1. The first-order chi connectivity index (χ1) is 7.16. The number of likely N-dealkylation sites (N-methyl/N-ethyl adjacent to an activating group) is 1. The van der Waals surface area contributed by atoms with Crippen LogP contribution in [0.25, 0.3) is 0 Å². The van der Waals surface area contributed by atoms with Crippen LogP contribution in [-0.4, -0.2) is 46.8 Å². The summed E-state index contributed by atoms with van der Waals surface area (Å²) in [7, 11) is 1.82. The van der Waals surface area contributed by atoms with Gasteiger partial charge in [-0.15, -0.1) is 0 Å². The molecule has 0 unspecified atom stereocenters. The molecular formula is C8H13N5OS. The first-order valence-corrected chi connectivity index (χ1v) is 5.52. The first kappa shape index (κ1) is 10.2. The van der Waals surface area contributed by atoms with Crippen LogP contribution in [0.2, 0.25) is 0 Å². The quantitative estimate of drug-likeness (QED) is 0.718. The van der Waals surface area contributed by atoms with E-state index < -0.39 is 0 Å². The predicted molar refractivity (Wildman–Crippen MR) is 58.8 cm³/mol. The molecule has 0 aliphatic carbocycles. The zero-order valence-corrected chi connectivity index (χ0v) is 9.33. The summed E-state index contributed by atoms with van der Waals surface area (Å²) < 4.78 is 3.91. The van der Waals surface area contributed by atoms with Crippen LogP contribution in [0.15, 0.2) is 0 Å². The van der Waals surface area contributed by atoms with E-state index in [1.54, 1.807) is 4.90 Å². The highest BCUT2D eigenvalue weighted by Crippen LogP contribution is 2.19. The van der Waals surface area contributed by atoms with E-state index >= 15 is 0 Å². The molecule has 2 N–H and O–H groups in total. The molecular weight excluding hydrogens is 214 g/mol. The van der Waals surface area contributed by atoms with E-state index in [-0.39, 0.29) is 11.9 Å². The van der Waals surface area contributed by atoms with Gasteiger partial charge in [-0.2, -0.15) is 9.36 Å². The molecule has 0 atom stereocenters. The number of amides is 1. The first-order valence-electron chi connectivity index (χ1n) is 4.75. The van der Waals surface area contributed by atoms with Crippen LogP contribution in [-0.2, 0) is 4.79 Å². The lowest BCUT2D eigenvalue weighted by molar-refractivity contribution is -0.127. The SMILES string of the molecule is CN1CCCN(c2nc(N)ns2)CC1=O. The fourth-order valence-electron chi connectivity index (χ4n) is 1.50. The van der Waals surface area contributed by atoms with Gasteiger partial charge >= 0.3 is 0 Å². The smallest absolute Gasteiger partial charge is 0.241 e. The van der Waals surface area contributed by atoms with Gasteiger partial charge in [0.15, 0.2) is 0 Å². The molecule has 0 bridgehead atoms. The lowest BCUT2D eigenvalue weighted by Gasteiger charge is -2.17. The maximum absolute atomic E-state index is 11.6. The van der Waals surface area contributed by atoms with Crippen LogP contribution in [0, 0.1) is 0 Å². The summed E-state index contributed by atoms with van der Waals surface area (Å²) in [5.74, 6) is 0.390. The molecule has 82 valence electrons. The maximum atomic E-state index is 11.6. The molecule has 1 amide bonds. The Hall–Kier alpha value is -1.37. The Labute approximate surface area is 91.9 Å². The van der Waals surface area contributed by atoms with Crippen molar-refractivity contribution in [2.24, 2.45) is 0 Å². The van der Waals surface area contributed by atoms with Gasteiger partial charge in [0, 0.05) is 31.7 Å². The van der Waals surface area contributed by atoms with Crippen LogP contribution < -0.4 is 10.6 Å². The summed E-state index contributed by atoms with van der Waals surface area (Å²) in [4.78, 5) is 19.4. The molecule has 0 saturated carbocycles. The van der Waals surface area contributed by atoms with Gasteiger partial charge < -0.3 is 15.5 Å². The number of nitrogens with zero attached hydrogens (tertiary/aromatic N) is 4. The molecule has 1 aromatic heterocycles. The predicted octanol–water partition coefficient (Wildman–Crippen LogP) is -0.211. The third kappa shape index (κ3) is 2.17. The van der Waals surface area contributed by atoms with Crippen LogP contribution in [0.4, 0.5) is 11.1 Å². The molecule has 7 heteroatoms. The average Bonchev–Trinajstić information content (AvgIpc) is 2.55. The standard InChI is InChI=1S/C8H13N5OS/c1-12-3-2-4-13(5-6(12)14)8-10-7(9)11-15-8/h2-5H2,1H3,(H2,9,11). The summed E-state index contributed by atoms with van der Waals surface area (Å²) in [5.41, 5.74) is 5.45. The van der Waals surface area contributed by atoms with Crippen molar-refractivity contribution < 1.29 is 4.79 Å². The van der Waals surface area contributed by atoms with Crippen molar-refractivity contribution in [1.29, 1.82) is 0 Å². The Morgan fingerprint density at radius 2 is 2.27 bits per heavy atom. The van der Waals surface area contributed by atoms with Crippen molar-refractivity contribution in [3.05, 3.63) is 0 Å². The third-order valence-electron chi connectivity index (χ3n) is 2.37. The van der Waals surface area contributed by atoms with Crippen molar-refractivity contribution in [1.82, 2.24) is 14.3 Å². The Morgan fingerprint density at radius 3 is 2.93 bits per heavy atom. The van der Waals surface area contributed by atoms with E-state index in [0.717, 1.165) is 24.6 Å². The average molecular weight is 227 g/mol. The van der Waals surface area contributed by atoms with Crippen molar-refractivity contribution in [2.45, 2.75) is 6.42 Å². The summed E-state index contributed by atoms with van der Waals surface area (Å²) in [6.07, 6.45) is 0.946. The zero-order chi connectivity index (χ0) is 10.8. The molecule has 1 aromatic rings. The molecule has 0 aromatic carbocycles. The highest BCUT2D eigenvalue weighted by molar-refractivity contribution is 7.09. The van der Waals surface area contributed by atoms with Crippen LogP contribution in [0.5, 0.6) is 0 Å². The minimum atomic E-state index is 0.112. The summed E-state index contributed by atoms with van der Waals surface area (Å²) in [6, 6.07) is 0. The minimum absolute atomic E-state index is 0.112. The van der Waals surface area contributed by atoms with Crippen molar-refractivity contribution in [2.75, 3.05) is 37.3 Å². The number of anilines is 2. The molecule has 1 aliphatic rings. The molecule has 1 aliphatic heterocycles. The number of hydrogen-bond acceptors (Lipinski definition) is 6. The number of nitrogen functional groups attached to an aromatic ring is 1. The van der Waals surface area contributed by atoms with E-state index in [1.165, 1.54) is 11.5 Å². The second-order valence-electron chi connectivity index (χ2n) is 3.53. The van der Waals surface area contributed by atoms with E-state index in [0.29, 0.717) is 6.54 Å². The van der Waals surface area contributed by atoms with Gasteiger partial charge in [-0.25, -0.2) is 0 Å². The number of carbonyl (C=O) groups is 1. The number of aromatic nitrogens is 2. The monoisotopic (exact) mass is 227 g/mol. The molecule has 2 heterocycles. The van der Waals surface area contributed by atoms with E-state index in [2.05, 4.69) is 9.36 Å². The Balaban J connectivity index is 2.13. The number of carbonyl (C=O) groups excluding carboxylic acids is 1. The summed E-state index contributed by atoms with van der Waals surface area (Å²) in [6.45, 7) is 1.99. The third-order valence-corrected chi connectivity index (χ3v) is 3.17. The Morgan fingerprint density at radius 1 is 1.47 bits per heavy atom. The zero-order valence-electron chi connectivity index (χ0n) is 8.51. The van der Waals surface area contributed by atoms with Crippen LogP contribution >= 0.6 is 11.5 Å². The van der Waals surface area contributed by atoms with Crippen LogP contribution in [0.3, 0.4) is 0 Å². The van der Waals surface area contributed by atoms with E-state index in [1.807, 2.05) is 11.9 Å². The fraction of sp³-hybridized carbons (Fsp3) is 0.625. The Kier molecular flexibility index (Phi) is 2.72. The Bertz CT molecular complexity index is 366. The molecule has 0 spiro atoms. The number of nitrogens with two attached hydrogens (primary N) is 1. The van der Waals surface area contributed by atoms with Gasteiger partial charge in [0.1, 0.15) is 0 Å². The number of hydrogen-bond donors (Lipinski definition) is 1. The topological polar surface area (TPSA) is 75.3 Å². The van der Waals surface area contributed by atoms with Crippen molar-refractivity contribution >= 4 is 28.5 Å².